The van der Waals surface area contributed by atoms with E-state index in [1.54, 1.807) is 18.3 Å². The van der Waals surface area contributed by atoms with Crippen LogP contribution < -0.4 is 0 Å². The Morgan fingerprint density at radius 2 is 1.71 bits per heavy atom. The average Bonchev–Trinajstić information content (AvgIpc) is 3.35. The fourth-order valence-corrected chi connectivity index (χ4v) is 6.24. The van der Waals surface area contributed by atoms with Crippen LogP contribution >= 0.6 is 11.3 Å². The first-order valence-corrected chi connectivity index (χ1v) is 13.7. The molecule has 2 aliphatic rings. The van der Waals surface area contributed by atoms with E-state index in [1.165, 1.54) is 16.7 Å². The first-order valence-electron chi connectivity index (χ1n) is 12.7. The minimum absolute atomic E-state index is 0.148. The maximum Gasteiger partial charge on any atom is 0.223 e. The highest BCUT2D eigenvalue weighted by Gasteiger charge is 2.37. The molecule has 2 atom stereocenters. The van der Waals surface area contributed by atoms with Gasteiger partial charge in [0.25, 0.3) is 0 Å². The second-order valence-electron chi connectivity index (χ2n) is 10.4. The SMILES string of the molecule is CC(=O)N1CCC(CC(=O)N2CCN(C(c3ccc(C)cc3)c3ccsc3)CC2C(C)C)CC1. The third-order valence-electron chi connectivity index (χ3n) is 7.68. The number of carbonyl (C=O) groups is 2. The molecule has 5 nitrogen and oxygen atoms in total. The summed E-state index contributed by atoms with van der Waals surface area (Å²) in [6.07, 6.45) is 2.48. The minimum atomic E-state index is 0.148. The van der Waals surface area contributed by atoms with Gasteiger partial charge in [-0.05, 0) is 59.6 Å². The van der Waals surface area contributed by atoms with Crippen molar-refractivity contribution < 1.29 is 9.59 Å². The number of benzene rings is 1. The zero-order chi connectivity index (χ0) is 24.2. The molecular weight excluding hydrogens is 442 g/mol. The van der Waals surface area contributed by atoms with Crippen LogP contribution in [0.1, 0.15) is 62.8 Å². The lowest BCUT2D eigenvalue weighted by molar-refractivity contribution is -0.139. The van der Waals surface area contributed by atoms with E-state index in [9.17, 15) is 9.59 Å². The summed E-state index contributed by atoms with van der Waals surface area (Å²) < 4.78 is 0. The van der Waals surface area contributed by atoms with Crippen molar-refractivity contribution in [2.75, 3.05) is 32.7 Å². The summed E-state index contributed by atoms with van der Waals surface area (Å²) in [7, 11) is 0. The van der Waals surface area contributed by atoms with Gasteiger partial charge in [-0.2, -0.15) is 11.3 Å². The molecule has 0 bridgehead atoms. The fourth-order valence-electron chi connectivity index (χ4n) is 5.56. The predicted molar refractivity (Wildman–Crippen MR) is 139 cm³/mol. The highest BCUT2D eigenvalue weighted by Crippen LogP contribution is 2.34. The molecule has 2 unspecified atom stereocenters. The zero-order valence-electron chi connectivity index (χ0n) is 21.1. The molecule has 34 heavy (non-hydrogen) atoms. The Morgan fingerprint density at radius 1 is 1.00 bits per heavy atom. The standard InChI is InChI=1S/C28H39N3O2S/c1-20(2)26-18-30(28(25-11-16-34-19-25)24-7-5-21(3)6-8-24)14-15-31(26)27(33)17-23-9-12-29(13-10-23)22(4)32/h5-8,11,16,19-20,23,26,28H,9-10,12-15,17-18H2,1-4H3. The number of aryl methyl sites for hydroxylation is 1. The van der Waals surface area contributed by atoms with E-state index in [4.69, 9.17) is 0 Å². The van der Waals surface area contributed by atoms with Gasteiger partial charge < -0.3 is 9.80 Å². The minimum Gasteiger partial charge on any atom is -0.343 e. The topological polar surface area (TPSA) is 43.9 Å². The third-order valence-corrected chi connectivity index (χ3v) is 8.38. The largest absolute Gasteiger partial charge is 0.343 e. The lowest BCUT2D eigenvalue weighted by Gasteiger charge is -2.46. The number of hydrogen-bond acceptors (Lipinski definition) is 4. The normalized spacial score (nSPS) is 21.1. The van der Waals surface area contributed by atoms with Crippen LogP contribution in [0, 0.1) is 18.8 Å². The molecule has 0 radical (unpaired) electrons. The van der Waals surface area contributed by atoms with Gasteiger partial charge in [0.15, 0.2) is 0 Å². The van der Waals surface area contributed by atoms with Crippen molar-refractivity contribution in [3.8, 4) is 0 Å². The van der Waals surface area contributed by atoms with Crippen molar-refractivity contribution in [2.24, 2.45) is 11.8 Å². The van der Waals surface area contributed by atoms with Crippen LogP contribution in [0.4, 0.5) is 0 Å². The Hall–Kier alpha value is -2.18. The quantitative estimate of drug-likeness (QED) is 0.586. The number of piperidine rings is 1. The Bertz CT molecular complexity index is 949. The first-order chi connectivity index (χ1) is 16.3. The molecule has 184 valence electrons. The molecule has 6 heteroatoms. The van der Waals surface area contributed by atoms with Gasteiger partial charge >= 0.3 is 0 Å². The molecule has 0 N–H and O–H groups in total. The molecule has 2 aromatic rings. The van der Waals surface area contributed by atoms with Crippen LogP contribution in [0.25, 0.3) is 0 Å². The van der Waals surface area contributed by atoms with Gasteiger partial charge in [0.2, 0.25) is 11.8 Å². The Labute approximate surface area is 208 Å². The molecule has 0 spiro atoms. The summed E-state index contributed by atoms with van der Waals surface area (Å²) in [5.41, 5.74) is 3.94. The van der Waals surface area contributed by atoms with E-state index < -0.39 is 0 Å². The monoisotopic (exact) mass is 481 g/mol. The van der Waals surface area contributed by atoms with Gasteiger partial charge in [0.05, 0.1) is 6.04 Å². The number of amides is 2. The van der Waals surface area contributed by atoms with E-state index in [2.05, 4.69) is 71.7 Å². The van der Waals surface area contributed by atoms with Crippen molar-refractivity contribution in [1.29, 1.82) is 0 Å². The molecule has 2 aliphatic heterocycles. The average molecular weight is 482 g/mol. The molecular formula is C28H39N3O2S. The number of likely N-dealkylation sites (tertiary alicyclic amines) is 1. The van der Waals surface area contributed by atoms with Gasteiger partial charge in [0.1, 0.15) is 0 Å². The van der Waals surface area contributed by atoms with E-state index in [-0.39, 0.29) is 18.0 Å². The van der Waals surface area contributed by atoms with Crippen LogP contribution in [0.5, 0.6) is 0 Å². The lowest BCUT2D eigenvalue weighted by atomic mass is 9.90. The van der Waals surface area contributed by atoms with Gasteiger partial charge in [-0.3, -0.25) is 14.5 Å². The van der Waals surface area contributed by atoms with E-state index in [0.29, 0.717) is 24.2 Å². The molecule has 1 aromatic heterocycles. The molecule has 2 amide bonds. The molecule has 0 saturated carbocycles. The van der Waals surface area contributed by atoms with Crippen molar-refractivity contribution in [3.05, 3.63) is 57.8 Å². The smallest absolute Gasteiger partial charge is 0.223 e. The van der Waals surface area contributed by atoms with Crippen molar-refractivity contribution in [2.45, 2.75) is 59.0 Å². The highest BCUT2D eigenvalue weighted by atomic mass is 32.1. The Kier molecular flexibility index (Phi) is 8.10. The zero-order valence-corrected chi connectivity index (χ0v) is 21.9. The fraction of sp³-hybridized carbons (Fsp3) is 0.571. The van der Waals surface area contributed by atoms with E-state index in [0.717, 1.165) is 45.6 Å². The summed E-state index contributed by atoms with van der Waals surface area (Å²) in [6.45, 7) is 12.4. The second-order valence-corrected chi connectivity index (χ2v) is 11.2. The van der Waals surface area contributed by atoms with E-state index >= 15 is 0 Å². The van der Waals surface area contributed by atoms with Crippen molar-refractivity contribution >= 4 is 23.2 Å². The van der Waals surface area contributed by atoms with Gasteiger partial charge in [-0.1, -0.05) is 43.7 Å². The summed E-state index contributed by atoms with van der Waals surface area (Å²) in [5.74, 6) is 1.23. The molecule has 0 aliphatic carbocycles. The maximum absolute atomic E-state index is 13.4. The van der Waals surface area contributed by atoms with Crippen LogP contribution in [0.3, 0.4) is 0 Å². The maximum atomic E-state index is 13.4. The van der Waals surface area contributed by atoms with Crippen molar-refractivity contribution in [3.63, 3.8) is 0 Å². The summed E-state index contributed by atoms with van der Waals surface area (Å²) in [5, 5.41) is 4.42. The number of hydrogen-bond donors (Lipinski definition) is 0. The van der Waals surface area contributed by atoms with Crippen LogP contribution in [-0.2, 0) is 9.59 Å². The number of thiophene rings is 1. The van der Waals surface area contributed by atoms with Gasteiger partial charge in [-0.15, -0.1) is 0 Å². The summed E-state index contributed by atoms with van der Waals surface area (Å²) in [4.78, 5) is 31.7. The van der Waals surface area contributed by atoms with Gasteiger partial charge in [-0.25, -0.2) is 0 Å². The van der Waals surface area contributed by atoms with E-state index in [1.807, 2.05) is 4.90 Å². The lowest BCUT2D eigenvalue weighted by Crippen LogP contribution is -2.58. The Morgan fingerprint density at radius 3 is 2.29 bits per heavy atom. The number of rotatable bonds is 6. The van der Waals surface area contributed by atoms with Crippen LogP contribution in [0.2, 0.25) is 0 Å². The number of carbonyl (C=O) groups excluding carboxylic acids is 2. The molecule has 2 saturated heterocycles. The molecule has 2 fully saturated rings. The Balaban J connectivity index is 1.46. The first kappa shape index (κ1) is 24.9. The molecule has 1 aromatic carbocycles. The molecule has 4 rings (SSSR count). The third kappa shape index (κ3) is 5.72. The second kappa shape index (κ2) is 11.0. The number of piperazine rings is 1. The van der Waals surface area contributed by atoms with Crippen LogP contribution in [0.15, 0.2) is 41.1 Å². The van der Waals surface area contributed by atoms with Crippen LogP contribution in [-0.4, -0.2) is 65.3 Å². The summed E-state index contributed by atoms with van der Waals surface area (Å²) in [6, 6.07) is 11.6. The molecule has 3 heterocycles. The number of nitrogens with zero attached hydrogens (tertiary/aromatic N) is 3. The van der Waals surface area contributed by atoms with Crippen molar-refractivity contribution in [1.82, 2.24) is 14.7 Å². The predicted octanol–water partition coefficient (Wildman–Crippen LogP) is 4.96. The van der Waals surface area contributed by atoms with Gasteiger partial charge in [0, 0.05) is 52.1 Å². The summed E-state index contributed by atoms with van der Waals surface area (Å²) >= 11 is 1.75. The highest BCUT2D eigenvalue weighted by molar-refractivity contribution is 7.08.